The molecule has 1 aliphatic carbocycles. The topological polar surface area (TPSA) is 39.2 Å². The molecule has 1 aliphatic rings. The van der Waals surface area contributed by atoms with Gasteiger partial charge in [0.15, 0.2) is 0 Å². The Balaban J connectivity index is 2.05. The first kappa shape index (κ1) is 9.67. The van der Waals surface area contributed by atoms with Crippen molar-refractivity contribution in [2.75, 3.05) is 0 Å². The Morgan fingerprint density at radius 2 is 2.12 bits per heavy atom. The lowest BCUT2D eigenvalue weighted by Crippen LogP contribution is -2.19. The smallest absolute Gasteiger partial charge is 0.134 e. The molecule has 0 aliphatic heterocycles. The van der Waals surface area contributed by atoms with Crippen molar-refractivity contribution in [1.29, 1.82) is 0 Å². The van der Waals surface area contributed by atoms with E-state index in [9.17, 15) is 0 Å². The maximum Gasteiger partial charge on any atom is 0.134 e. The molecule has 0 saturated carbocycles. The van der Waals surface area contributed by atoms with Crippen LogP contribution in [0, 0.1) is 0 Å². The molecule has 1 aromatic heterocycles. The maximum absolute atomic E-state index is 5.94. The largest absolute Gasteiger partial charge is 0.456 e. The van der Waals surface area contributed by atoms with Crippen LogP contribution in [0.15, 0.2) is 40.8 Å². The first-order valence-corrected chi connectivity index (χ1v) is 5.78. The summed E-state index contributed by atoms with van der Waals surface area (Å²) in [5, 5.41) is 1.16. The van der Waals surface area contributed by atoms with E-state index in [1.165, 1.54) is 5.57 Å². The zero-order chi connectivity index (χ0) is 11.0. The van der Waals surface area contributed by atoms with Gasteiger partial charge in [0.2, 0.25) is 0 Å². The number of allylic oxidation sites excluding steroid dienone is 1. The molecule has 82 valence electrons. The molecule has 0 spiro atoms. The summed E-state index contributed by atoms with van der Waals surface area (Å²) in [5.41, 5.74) is 8.15. The number of fused-ring (bicyclic) bond motifs is 1. The average molecular weight is 213 g/mol. The monoisotopic (exact) mass is 213 g/mol. The zero-order valence-electron chi connectivity index (χ0n) is 9.15. The first-order chi connectivity index (χ1) is 7.83. The van der Waals surface area contributed by atoms with Crippen molar-refractivity contribution in [3.63, 3.8) is 0 Å². The molecule has 2 aromatic rings. The third kappa shape index (κ3) is 1.65. The average Bonchev–Trinajstić information content (AvgIpc) is 2.72. The van der Waals surface area contributed by atoms with Gasteiger partial charge in [-0.05, 0) is 37.0 Å². The summed E-state index contributed by atoms with van der Waals surface area (Å²) in [4.78, 5) is 0. The number of nitrogens with two attached hydrogens (primary N) is 1. The number of furan rings is 1. The quantitative estimate of drug-likeness (QED) is 0.789. The Hall–Kier alpha value is -1.54. The van der Waals surface area contributed by atoms with E-state index in [1.807, 2.05) is 18.2 Å². The van der Waals surface area contributed by atoms with Crippen LogP contribution in [0.4, 0.5) is 0 Å². The predicted octanol–water partition coefficient (Wildman–Crippen LogP) is 3.33. The molecule has 1 unspecified atom stereocenters. The Bertz CT molecular complexity index is 505. The fraction of sp³-hybridized carbons (Fsp3) is 0.286. The van der Waals surface area contributed by atoms with Gasteiger partial charge in [0, 0.05) is 11.4 Å². The highest BCUT2D eigenvalue weighted by Gasteiger charge is 2.14. The second kappa shape index (κ2) is 3.80. The van der Waals surface area contributed by atoms with Crippen LogP contribution in [0.1, 0.15) is 25.0 Å². The van der Waals surface area contributed by atoms with E-state index in [1.54, 1.807) is 0 Å². The van der Waals surface area contributed by atoms with Crippen molar-refractivity contribution in [2.24, 2.45) is 5.73 Å². The Morgan fingerprint density at radius 1 is 1.25 bits per heavy atom. The van der Waals surface area contributed by atoms with Crippen molar-refractivity contribution in [2.45, 2.75) is 25.3 Å². The van der Waals surface area contributed by atoms with Crippen LogP contribution in [-0.2, 0) is 0 Å². The number of rotatable bonds is 1. The Kier molecular flexibility index (Phi) is 2.29. The number of hydrogen-bond acceptors (Lipinski definition) is 2. The van der Waals surface area contributed by atoms with Crippen molar-refractivity contribution >= 4 is 16.5 Å². The zero-order valence-corrected chi connectivity index (χ0v) is 9.15. The number of benzene rings is 1. The Labute approximate surface area is 94.7 Å². The molecule has 2 nitrogen and oxygen atoms in total. The molecule has 0 radical (unpaired) electrons. The van der Waals surface area contributed by atoms with Crippen LogP contribution in [0.5, 0.6) is 0 Å². The van der Waals surface area contributed by atoms with E-state index in [0.717, 1.165) is 36.0 Å². The van der Waals surface area contributed by atoms with Crippen LogP contribution >= 0.6 is 0 Å². The molecule has 0 fully saturated rings. The molecule has 1 aromatic carbocycles. The van der Waals surface area contributed by atoms with Gasteiger partial charge in [0.1, 0.15) is 11.3 Å². The molecule has 0 bridgehead atoms. The lowest BCUT2D eigenvalue weighted by Gasteiger charge is -2.15. The predicted molar refractivity (Wildman–Crippen MR) is 66.0 cm³/mol. The third-order valence-corrected chi connectivity index (χ3v) is 3.14. The summed E-state index contributed by atoms with van der Waals surface area (Å²) in [6, 6.07) is 10.4. The van der Waals surface area contributed by atoms with Gasteiger partial charge in [-0.2, -0.15) is 0 Å². The van der Waals surface area contributed by atoms with Gasteiger partial charge >= 0.3 is 0 Å². The van der Waals surface area contributed by atoms with Crippen molar-refractivity contribution < 1.29 is 4.42 Å². The summed E-state index contributed by atoms with van der Waals surface area (Å²) in [6.45, 7) is 0. The van der Waals surface area contributed by atoms with Gasteiger partial charge in [0.25, 0.3) is 0 Å². The minimum atomic E-state index is 0.192. The minimum Gasteiger partial charge on any atom is -0.456 e. The molecule has 2 heteroatoms. The first-order valence-electron chi connectivity index (χ1n) is 5.78. The van der Waals surface area contributed by atoms with Crippen LogP contribution in [0.3, 0.4) is 0 Å². The van der Waals surface area contributed by atoms with E-state index in [-0.39, 0.29) is 6.04 Å². The summed E-state index contributed by atoms with van der Waals surface area (Å²) < 4.78 is 5.83. The summed E-state index contributed by atoms with van der Waals surface area (Å²) in [6.07, 6.45) is 5.46. The molecule has 0 saturated heterocycles. The van der Waals surface area contributed by atoms with E-state index >= 15 is 0 Å². The maximum atomic E-state index is 5.94. The highest BCUT2D eigenvalue weighted by molar-refractivity contribution is 5.82. The fourth-order valence-electron chi connectivity index (χ4n) is 2.30. The van der Waals surface area contributed by atoms with Crippen LogP contribution in [-0.4, -0.2) is 6.04 Å². The van der Waals surface area contributed by atoms with Crippen molar-refractivity contribution in [3.05, 3.63) is 42.2 Å². The highest BCUT2D eigenvalue weighted by atomic mass is 16.3. The summed E-state index contributed by atoms with van der Waals surface area (Å²) >= 11 is 0. The van der Waals surface area contributed by atoms with Gasteiger partial charge in [-0.3, -0.25) is 0 Å². The van der Waals surface area contributed by atoms with Gasteiger partial charge in [-0.15, -0.1) is 0 Å². The molecule has 16 heavy (non-hydrogen) atoms. The fourth-order valence-corrected chi connectivity index (χ4v) is 2.30. The SMILES string of the molecule is NC1C=C(c2cc3ccccc3o2)CCC1. The van der Waals surface area contributed by atoms with Crippen molar-refractivity contribution in [1.82, 2.24) is 0 Å². The van der Waals surface area contributed by atoms with Gasteiger partial charge < -0.3 is 10.2 Å². The molecule has 0 amide bonds. The van der Waals surface area contributed by atoms with Crippen LogP contribution < -0.4 is 5.73 Å². The number of para-hydroxylation sites is 1. The molecule has 3 rings (SSSR count). The lowest BCUT2D eigenvalue weighted by atomic mass is 9.95. The van der Waals surface area contributed by atoms with E-state index < -0.39 is 0 Å². The van der Waals surface area contributed by atoms with Gasteiger partial charge in [-0.1, -0.05) is 24.3 Å². The van der Waals surface area contributed by atoms with E-state index in [0.29, 0.717) is 0 Å². The highest BCUT2D eigenvalue weighted by Crippen LogP contribution is 2.30. The third-order valence-electron chi connectivity index (χ3n) is 3.14. The number of hydrogen-bond donors (Lipinski definition) is 1. The molecular formula is C14H15NO. The second-order valence-corrected chi connectivity index (χ2v) is 4.40. The second-order valence-electron chi connectivity index (χ2n) is 4.40. The van der Waals surface area contributed by atoms with Crippen LogP contribution in [0.25, 0.3) is 16.5 Å². The molecular weight excluding hydrogens is 198 g/mol. The molecule has 2 N–H and O–H groups in total. The van der Waals surface area contributed by atoms with Gasteiger partial charge in [-0.25, -0.2) is 0 Å². The van der Waals surface area contributed by atoms with Crippen molar-refractivity contribution in [3.8, 4) is 0 Å². The molecule has 1 atom stereocenters. The molecule has 1 heterocycles. The van der Waals surface area contributed by atoms with Crippen LogP contribution in [0.2, 0.25) is 0 Å². The summed E-state index contributed by atoms with van der Waals surface area (Å²) in [7, 11) is 0. The minimum absolute atomic E-state index is 0.192. The van der Waals surface area contributed by atoms with E-state index in [4.69, 9.17) is 10.2 Å². The van der Waals surface area contributed by atoms with E-state index in [2.05, 4.69) is 18.2 Å². The lowest BCUT2D eigenvalue weighted by molar-refractivity contribution is 0.581. The van der Waals surface area contributed by atoms with Gasteiger partial charge in [0.05, 0.1) is 0 Å². The summed E-state index contributed by atoms with van der Waals surface area (Å²) in [5.74, 6) is 0.983. The normalized spacial score (nSPS) is 21.1. The standard InChI is InChI=1S/C14H15NO/c15-12-6-3-5-10(8-12)14-9-11-4-1-2-7-13(11)16-14/h1-2,4,7-9,12H,3,5-6,15H2. The Morgan fingerprint density at radius 3 is 2.94 bits per heavy atom.